The number of aromatic hydroxyl groups is 1. The van der Waals surface area contributed by atoms with E-state index in [4.69, 9.17) is 9.52 Å². The lowest BCUT2D eigenvalue weighted by Gasteiger charge is -2.11. The first-order valence-electron chi connectivity index (χ1n) is 10.5. The third-order valence-corrected chi connectivity index (χ3v) is 6.91. The summed E-state index contributed by atoms with van der Waals surface area (Å²) >= 11 is 5.13. The molecule has 2 aromatic rings. The van der Waals surface area contributed by atoms with Crippen molar-refractivity contribution >= 4 is 45.2 Å². The molecule has 2 aromatic heterocycles. The van der Waals surface area contributed by atoms with Crippen molar-refractivity contribution in [3.63, 3.8) is 0 Å². The second-order valence-corrected chi connectivity index (χ2v) is 10.2. The van der Waals surface area contributed by atoms with E-state index in [-0.39, 0.29) is 17.2 Å². The number of carboxylic acid groups (broad SMARTS) is 1. The van der Waals surface area contributed by atoms with E-state index in [1.165, 1.54) is 17.1 Å². The summed E-state index contributed by atoms with van der Waals surface area (Å²) in [5, 5.41) is 21.1. The molecule has 2 rings (SSSR count). The number of nitrogens with one attached hydrogen (secondary N) is 1. The maximum Gasteiger partial charge on any atom is 0.408 e. The molecule has 0 fully saturated rings. The second kappa shape index (κ2) is 12.0. The molecule has 1 unspecified atom stereocenters. The smallest absolute Gasteiger partial charge is 0.408 e. The number of halogens is 1. The van der Waals surface area contributed by atoms with E-state index in [1.54, 1.807) is 30.4 Å². The molecule has 0 aliphatic carbocycles. The molecule has 0 aliphatic heterocycles. The molecule has 33 heavy (non-hydrogen) atoms. The largest absolute Gasteiger partial charge is 0.507 e. The molecule has 0 aliphatic rings. The van der Waals surface area contributed by atoms with Gasteiger partial charge in [-0.05, 0) is 65.7 Å². The molecule has 0 saturated heterocycles. The summed E-state index contributed by atoms with van der Waals surface area (Å²) in [6.45, 7) is 7.68. The molecule has 2 heterocycles. The van der Waals surface area contributed by atoms with Gasteiger partial charge in [-0.1, -0.05) is 26.8 Å². The van der Waals surface area contributed by atoms with Gasteiger partial charge in [0.1, 0.15) is 17.1 Å². The van der Waals surface area contributed by atoms with Gasteiger partial charge in [0.05, 0.1) is 0 Å². The van der Waals surface area contributed by atoms with Crippen molar-refractivity contribution in [2.75, 3.05) is 0 Å². The molecule has 1 amide bonds. The molecule has 7 nitrogen and oxygen atoms in total. The number of carbonyl (C=O) groups excluding carboxylic acids is 1. The van der Waals surface area contributed by atoms with Gasteiger partial charge in [0, 0.05) is 32.4 Å². The Labute approximate surface area is 205 Å². The van der Waals surface area contributed by atoms with Gasteiger partial charge in [0.15, 0.2) is 5.78 Å². The van der Waals surface area contributed by atoms with Crippen LogP contribution in [0.15, 0.2) is 43.7 Å². The number of Topliss-reactive ketones (excluding diaryl/α,β-unsaturated/α-hetero) is 1. The van der Waals surface area contributed by atoms with Crippen LogP contribution in [-0.2, 0) is 6.42 Å². The Morgan fingerprint density at radius 2 is 1.97 bits per heavy atom. The average molecular weight is 538 g/mol. The monoisotopic (exact) mass is 537 g/mol. The molecule has 0 aromatic carbocycles. The summed E-state index contributed by atoms with van der Waals surface area (Å²) in [5.74, 6) is -0.461. The Hall–Kier alpha value is -2.65. The first-order chi connectivity index (χ1) is 15.5. The molecule has 0 spiro atoms. The van der Waals surface area contributed by atoms with Crippen LogP contribution >= 0.6 is 27.3 Å². The summed E-state index contributed by atoms with van der Waals surface area (Å²) in [7, 11) is 0. The van der Waals surface area contributed by atoms with Gasteiger partial charge in [-0.2, -0.15) is 0 Å². The van der Waals surface area contributed by atoms with Gasteiger partial charge < -0.3 is 14.6 Å². The number of rotatable bonds is 10. The lowest BCUT2D eigenvalue weighted by molar-refractivity contribution is 0.102. The first-order valence-corrected chi connectivity index (χ1v) is 12.1. The van der Waals surface area contributed by atoms with Crippen molar-refractivity contribution in [2.24, 2.45) is 5.92 Å². The standard InChI is InChI=1S/C24H28BrNO6S/c1-13(2)9-20-17(25)11-16(33-20)10-15(4)22(28)21-18(27)12-19(32-23(21)29)14(3)7-5-6-8-26-24(30)31/h6,8,10-14,26-27H,5,7,9H2,1-4H3,(H,30,31)/b8-6+,15-10+. The van der Waals surface area contributed by atoms with Crippen molar-refractivity contribution < 1.29 is 24.2 Å². The van der Waals surface area contributed by atoms with Gasteiger partial charge in [-0.3, -0.25) is 10.1 Å². The number of hydrogen-bond acceptors (Lipinski definition) is 6. The predicted octanol–water partition coefficient (Wildman–Crippen LogP) is 6.32. The summed E-state index contributed by atoms with van der Waals surface area (Å²) in [4.78, 5) is 37.9. The van der Waals surface area contributed by atoms with E-state index in [9.17, 15) is 19.5 Å². The Bertz CT molecular complexity index is 1130. The highest BCUT2D eigenvalue weighted by Gasteiger charge is 2.22. The molecule has 0 radical (unpaired) electrons. The van der Waals surface area contributed by atoms with Crippen molar-refractivity contribution in [3.05, 3.63) is 66.0 Å². The number of carbonyl (C=O) groups is 2. The maximum absolute atomic E-state index is 12.9. The molecule has 0 bridgehead atoms. The quantitative estimate of drug-likeness (QED) is 0.241. The van der Waals surface area contributed by atoms with Crippen molar-refractivity contribution in [1.29, 1.82) is 0 Å². The lowest BCUT2D eigenvalue weighted by atomic mass is 10.00. The third kappa shape index (κ3) is 7.71. The minimum absolute atomic E-state index is 0.221. The van der Waals surface area contributed by atoms with Gasteiger partial charge >= 0.3 is 11.7 Å². The fourth-order valence-electron chi connectivity index (χ4n) is 3.14. The van der Waals surface area contributed by atoms with Crippen LogP contribution in [0.25, 0.3) is 6.08 Å². The lowest BCUT2D eigenvalue weighted by Crippen LogP contribution is -2.16. The summed E-state index contributed by atoms with van der Waals surface area (Å²) in [6, 6.07) is 3.24. The molecular weight excluding hydrogens is 510 g/mol. The van der Waals surface area contributed by atoms with Crippen LogP contribution in [0.5, 0.6) is 5.75 Å². The van der Waals surface area contributed by atoms with Gasteiger partial charge in [-0.25, -0.2) is 9.59 Å². The zero-order valence-corrected chi connectivity index (χ0v) is 21.4. The van der Waals surface area contributed by atoms with E-state index in [1.807, 2.05) is 13.0 Å². The molecule has 0 saturated carbocycles. The second-order valence-electron chi connectivity index (χ2n) is 8.20. The van der Waals surface area contributed by atoms with Gasteiger partial charge in [0.25, 0.3) is 0 Å². The van der Waals surface area contributed by atoms with Crippen LogP contribution in [0, 0.1) is 5.92 Å². The number of ketones is 1. The number of amides is 1. The van der Waals surface area contributed by atoms with Gasteiger partial charge in [-0.15, -0.1) is 11.3 Å². The molecule has 3 N–H and O–H groups in total. The highest BCUT2D eigenvalue weighted by molar-refractivity contribution is 9.10. The summed E-state index contributed by atoms with van der Waals surface area (Å²) in [6.07, 6.45) is 5.52. The van der Waals surface area contributed by atoms with E-state index < -0.39 is 23.3 Å². The van der Waals surface area contributed by atoms with Gasteiger partial charge in [0.2, 0.25) is 0 Å². The van der Waals surface area contributed by atoms with E-state index >= 15 is 0 Å². The number of thiophene rings is 1. The Morgan fingerprint density at radius 1 is 1.27 bits per heavy atom. The molecule has 1 atom stereocenters. The highest BCUT2D eigenvalue weighted by atomic mass is 79.9. The number of hydrogen-bond donors (Lipinski definition) is 3. The minimum atomic E-state index is -1.15. The van der Waals surface area contributed by atoms with Crippen LogP contribution in [0.1, 0.15) is 72.3 Å². The van der Waals surface area contributed by atoms with Crippen LogP contribution < -0.4 is 10.9 Å². The zero-order chi connectivity index (χ0) is 24.7. The van der Waals surface area contributed by atoms with Crippen LogP contribution in [-0.4, -0.2) is 22.1 Å². The van der Waals surface area contributed by atoms with E-state index in [2.05, 4.69) is 35.1 Å². The van der Waals surface area contributed by atoms with Crippen molar-refractivity contribution in [3.8, 4) is 5.75 Å². The Morgan fingerprint density at radius 3 is 2.58 bits per heavy atom. The molecule has 9 heteroatoms. The SMILES string of the molecule is C/C(=C\c1cc(Br)c(CC(C)C)s1)C(=O)c1c(O)cc(C(C)CC/C=C/NC(=O)O)oc1=O. The zero-order valence-electron chi connectivity index (χ0n) is 19.0. The molecular formula is C24H28BrNO6S. The number of allylic oxidation sites excluding steroid dienone is 2. The fourth-order valence-corrected chi connectivity index (χ4v) is 5.21. The maximum atomic E-state index is 12.9. The normalized spacial score (nSPS) is 13.0. The average Bonchev–Trinajstić information content (AvgIpc) is 3.04. The van der Waals surface area contributed by atoms with Crippen molar-refractivity contribution in [1.82, 2.24) is 5.32 Å². The van der Waals surface area contributed by atoms with E-state index in [0.717, 1.165) is 15.8 Å². The van der Waals surface area contributed by atoms with Crippen LogP contribution in [0.3, 0.4) is 0 Å². The summed E-state index contributed by atoms with van der Waals surface area (Å²) < 4.78 is 6.32. The summed E-state index contributed by atoms with van der Waals surface area (Å²) in [5.41, 5.74) is -0.951. The fraction of sp³-hybridized carbons (Fsp3) is 0.375. The third-order valence-electron chi connectivity index (χ3n) is 4.84. The highest BCUT2D eigenvalue weighted by Crippen LogP contribution is 2.32. The van der Waals surface area contributed by atoms with E-state index in [0.29, 0.717) is 24.3 Å². The Balaban J connectivity index is 2.17. The van der Waals surface area contributed by atoms with Crippen LogP contribution in [0.4, 0.5) is 4.79 Å². The minimum Gasteiger partial charge on any atom is -0.507 e. The first kappa shape index (κ1) is 26.6. The molecule has 178 valence electrons. The van der Waals surface area contributed by atoms with Crippen LogP contribution in [0.2, 0.25) is 0 Å². The topological polar surface area (TPSA) is 117 Å². The van der Waals surface area contributed by atoms with Crippen molar-refractivity contribution in [2.45, 2.75) is 52.9 Å². The Kier molecular flexibility index (Phi) is 9.67. The predicted molar refractivity (Wildman–Crippen MR) is 133 cm³/mol.